The van der Waals surface area contributed by atoms with Crippen LogP contribution in [0, 0.1) is 22.6 Å². The molecule has 2 amide bonds. The van der Waals surface area contributed by atoms with Crippen LogP contribution in [0.3, 0.4) is 0 Å². The van der Waals surface area contributed by atoms with Gasteiger partial charge in [0.25, 0.3) is 0 Å². The van der Waals surface area contributed by atoms with Crippen LogP contribution in [0.15, 0.2) is 18.2 Å². The third-order valence-electron chi connectivity index (χ3n) is 4.52. The van der Waals surface area contributed by atoms with Gasteiger partial charge in [0.05, 0.1) is 22.7 Å². The second-order valence-corrected chi connectivity index (χ2v) is 5.83. The van der Waals surface area contributed by atoms with Crippen molar-refractivity contribution in [2.24, 2.45) is 5.41 Å². The van der Waals surface area contributed by atoms with Gasteiger partial charge in [-0.1, -0.05) is 19.3 Å². The predicted molar refractivity (Wildman–Crippen MR) is 73.7 cm³/mol. The number of imide groups is 1. The molecule has 0 aromatic heterocycles. The molecule has 0 N–H and O–H groups in total. The van der Waals surface area contributed by atoms with E-state index in [1.165, 1.54) is 12.1 Å². The summed E-state index contributed by atoms with van der Waals surface area (Å²) in [5.41, 5.74) is -0.496. The summed E-state index contributed by atoms with van der Waals surface area (Å²) in [5.74, 6) is -1.33. The fraction of sp³-hybridized carbons (Fsp3) is 0.438. The summed E-state index contributed by atoms with van der Waals surface area (Å²) in [6, 6.07) is 5.65. The molecule has 1 spiro atoms. The number of hydrogen-bond donors (Lipinski definition) is 0. The molecule has 1 aromatic rings. The van der Waals surface area contributed by atoms with Crippen LogP contribution in [0.1, 0.15) is 44.1 Å². The Morgan fingerprint density at radius 2 is 1.90 bits per heavy atom. The monoisotopic (exact) mass is 286 g/mol. The molecule has 2 aliphatic rings. The minimum atomic E-state index is -0.705. The van der Waals surface area contributed by atoms with Crippen molar-refractivity contribution in [1.29, 1.82) is 5.26 Å². The lowest BCUT2D eigenvalue weighted by atomic mass is 9.73. The Bertz CT molecular complexity index is 657. The topological polar surface area (TPSA) is 61.2 Å². The van der Waals surface area contributed by atoms with Crippen LogP contribution in [0.5, 0.6) is 0 Å². The molecule has 0 atom stereocenters. The van der Waals surface area contributed by atoms with E-state index < -0.39 is 11.2 Å². The van der Waals surface area contributed by atoms with Crippen molar-refractivity contribution in [3.05, 3.63) is 29.6 Å². The molecule has 1 heterocycles. The van der Waals surface area contributed by atoms with E-state index in [4.69, 9.17) is 5.26 Å². The molecule has 0 bridgehead atoms. The van der Waals surface area contributed by atoms with Gasteiger partial charge in [-0.05, 0) is 31.0 Å². The van der Waals surface area contributed by atoms with E-state index in [1.807, 2.05) is 6.07 Å². The molecule has 0 unspecified atom stereocenters. The Hall–Kier alpha value is -2.22. The molecule has 5 heteroatoms. The number of rotatable bonds is 1. The Labute approximate surface area is 122 Å². The second-order valence-electron chi connectivity index (χ2n) is 5.83. The summed E-state index contributed by atoms with van der Waals surface area (Å²) in [6.07, 6.45) is 4.52. The Kier molecular flexibility index (Phi) is 3.25. The molecule has 1 aliphatic heterocycles. The van der Waals surface area contributed by atoms with Crippen molar-refractivity contribution < 1.29 is 14.0 Å². The smallest absolute Gasteiger partial charge is 0.240 e. The van der Waals surface area contributed by atoms with Crippen LogP contribution in [0.4, 0.5) is 10.1 Å². The highest BCUT2D eigenvalue weighted by Gasteiger charge is 2.52. The molecule has 1 aromatic carbocycles. The number of benzene rings is 1. The number of carbonyl (C=O) groups excluding carboxylic acids is 2. The number of carbonyl (C=O) groups is 2. The number of nitriles is 1. The maximum Gasteiger partial charge on any atom is 0.240 e. The first-order valence-electron chi connectivity index (χ1n) is 7.14. The van der Waals surface area contributed by atoms with E-state index in [0.717, 1.165) is 30.2 Å². The quantitative estimate of drug-likeness (QED) is 0.746. The zero-order valence-electron chi connectivity index (χ0n) is 11.6. The lowest BCUT2D eigenvalue weighted by Gasteiger charge is -2.30. The van der Waals surface area contributed by atoms with Crippen molar-refractivity contribution in [3.63, 3.8) is 0 Å². The minimum absolute atomic E-state index is 0.0357. The SMILES string of the molecule is N#Cc1ccc(N2C(=O)CC3(CCCCC3)C2=O)c(F)c1. The van der Waals surface area contributed by atoms with Crippen molar-refractivity contribution in [2.45, 2.75) is 38.5 Å². The van der Waals surface area contributed by atoms with Crippen molar-refractivity contribution in [2.75, 3.05) is 4.90 Å². The zero-order chi connectivity index (χ0) is 15.0. The van der Waals surface area contributed by atoms with Crippen molar-refractivity contribution >= 4 is 17.5 Å². The standard InChI is InChI=1S/C16H15FN2O2/c17-12-8-11(10-18)4-5-13(12)19-14(20)9-16(15(19)21)6-2-1-3-7-16/h4-5,8H,1-3,6-7,9H2. The first kappa shape index (κ1) is 13.7. The van der Waals surface area contributed by atoms with Gasteiger partial charge in [-0.3, -0.25) is 9.59 Å². The fourth-order valence-corrected chi connectivity index (χ4v) is 3.42. The maximum absolute atomic E-state index is 14.1. The Morgan fingerprint density at radius 3 is 2.52 bits per heavy atom. The third-order valence-corrected chi connectivity index (χ3v) is 4.52. The summed E-state index contributed by atoms with van der Waals surface area (Å²) in [4.78, 5) is 25.9. The molecule has 0 radical (unpaired) electrons. The van der Waals surface area contributed by atoms with E-state index in [2.05, 4.69) is 0 Å². The van der Waals surface area contributed by atoms with Gasteiger partial charge in [0, 0.05) is 6.42 Å². The van der Waals surface area contributed by atoms with Gasteiger partial charge in [-0.2, -0.15) is 5.26 Å². The van der Waals surface area contributed by atoms with E-state index in [-0.39, 0.29) is 29.5 Å². The highest BCUT2D eigenvalue weighted by molar-refractivity contribution is 6.22. The van der Waals surface area contributed by atoms with E-state index in [1.54, 1.807) is 0 Å². The van der Waals surface area contributed by atoms with Crippen LogP contribution in [0.2, 0.25) is 0 Å². The largest absolute Gasteiger partial charge is 0.274 e. The average Bonchev–Trinajstić information content (AvgIpc) is 2.71. The van der Waals surface area contributed by atoms with Crippen LogP contribution >= 0.6 is 0 Å². The number of hydrogen-bond acceptors (Lipinski definition) is 3. The van der Waals surface area contributed by atoms with Crippen molar-refractivity contribution in [1.82, 2.24) is 0 Å². The number of anilines is 1. The minimum Gasteiger partial charge on any atom is -0.274 e. The molecule has 3 rings (SSSR count). The number of amides is 2. The zero-order valence-corrected chi connectivity index (χ0v) is 11.6. The van der Waals surface area contributed by atoms with Gasteiger partial charge in [-0.15, -0.1) is 0 Å². The second kappa shape index (κ2) is 4.96. The number of nitrogens with zero attached hydrogens (tertiary/aromatic N) is 2. The van der Waals surface area contributed by atoms with Gasteiger partial charge in [0.1, 0.15) is 5.82 Å². The predicted octanol–water partition coefficient (Wildman–Crippen LogP) is 2.91. The number of halogens is 1. The van der Waals surface area contributed by atoms with Gasteiger partial charge in [-0.25, -0.2) is 9.29 Å². The lowest BCUT2D eigenvalue weighted by Crippen LogP contribution is -2.37. The van der Waals surface area contributed by atoms with E-state index >= 15 is 0 Å². The molecule has 21 heavy (non-hydrogen) atoms. The molecule has 1 aliphatic carbocycles. The van der Waals surface area contributed by atoms with E-state index in [9.17, 15) is 14.0 Å². The van der Waals surface area contributed by atoms with Crippen LogP contribution in [-0.2, 0) is 9.59 Å². The van der Waals surface area contributed by atoms with Gasteiger partial charge in [0.15, 0.2) is 0 Å². The summed E-state index contributed by atoms with van der Waals surface area (Å²) in [6.45, 7) is 0. The molecular weight excluding hydrogens is 271 g/mol. The third kappa shape index (κ3) is 2.11. The molecule has 108 valence electrons. The van der Waals surface area contributed by atoms with Gasteiger partial charge in [0.2, 0.25) is 11.8 Å². The van der Waals surface area contributed by atoms with Gasteiger partial charge < -0.3 is 0 Å². The Morgan fingerprint density at radius 1 is 1.19 bits per heavy atom. The van der Waals surface area contributed by atoms with Crippen LogP contribution < -0.4 is 4.90 Å². The summed E-state index contributed by atoms with van der Waals surface area (Å²) < 4.78 is 14.1. The average molecular weight is 286 g/mol. The van der Waals surface area contributed by atoms with Crippen LogP contribution in [0.25, 0.3) is 0 Å². The normalized spacial score (nSPS) is 20.9. The molecule has 4 nitrogen and oxygen atoms in total. The fourth-order valence-electron chi connectivity index (χ4n) is 3.42. The first-order chi connectivity index (χ1) is 10.1. The lowest BCUT2D eigenvalue weighted by molar-refractivity contribution is -0.127. The molecule has 1 saturated carbocycles. The highest BCUT2D eigenvalue weighted by Crippen LogP contribution is 2.46. The Balaban J connectivity index is 1.98. The maximum atomic E-state index is 14.1. The summed E-state index contributed by atoms with van der Waals surface area (Å²) in [7, 11) is 0. The summed E-state index contributed by atoms with van der Waals surface area (Å²) >= 11 is 0. The first-order valence-corrected chi connectivity index (χ1v) is 7.14. The highest BCUT2D eigenvalue weighted by atomic mass is 19.1. The van der Waals surface area contributed by atoms with Crippen LogP contribution in [-0.4, -0.2) is 11.8 Å². The molecule has 2 fully saturated rings. The van der Waals surface area contributed by atoms with Gasteiger partial charge >= 0.3 is 0 Å². The molecule has 1 saturated heterocycles. The van der Waals surface area contributed by atoms with E-state index in [0.29, 0.717) is 12.8 Å². The summed E-state index contributed by atoms with van der Waals surface area (Å²) in [5, 5.41) is 8.76. The van der Waals surface area contributed by atoms with Crippen molar-refractivity contribution in [3.8, 4) is 6.07 Å². The molecular formula is C16H15FN2O2.